The maximum atomic E-state index is 14.5. The number of allylic oxidation sites excluding steroid dienone is 2. The first-order valence-corrected chi connectivity index (χ1v) is 8.48. The van der Waals surface area contributed by atoms with Gasteiger partial charge in [0, 0.05) is 7.85 Å². The summed E-state index contributed by atoms with van der Waals surface area (Å²) >= 11 is 0. The normalized spacial score (nSPS) is 29.0. The van der Waals surface area contributed by atoms with Gasteiger partial charge in [-0.05, 0) is 66.7 Å². The van der Waals surface area contributed by atoms with Gasteiger partial charge in [0.1, 0.15) is 5.83 Å². The molecule has 23 heavy (non-hydrogen) atoms. The molecule has 0 amide bonds. The van der Waals surface area contributed by atoms with E-state index < -0.39 is 17.5 Å². The molecule has 4 heteroatoms. The van der Waals surface area contributed by atoms with Gasteiger partial charge in [-0.3, -0.25) is 0 Å². The predicted octanol–water partition coefficient (Wildman–Crippen LogP) is 6.66. The molecule has 0 radical (unpaired) electrons. The number of halogens is 4. The molecule has 3 rings (SSSR count). The quantitative estimate of drug-likeness (QED) is 0.421. The Morgan fingerprint density at radius 3 is 2.04 bits per heavy atom. The predicted molar refractivity (Wildman–Crippen MR) is 84.9 cm³/mol. The van der Waals surface area contributed by atoms with Crippen molar-refractivity contribution in [2.24, 2.45) is 17.8 Å². The van der Waals surface area contributed by atoms with Crippen molar-refractivity contribution in [2.45, 2.75) is 51.9 Å². The van der Waals surface area contributed by atoms with Crippen molar-refractivity contribution in [3.8, 4) is 0 Å². The molecule has 0 aliphatic heterocycles. The molecule has 0 N–H and O–H groups in total. The standard InChI is InChI=1S/C19H22F4.H2/c1-11-2-4-12(5-3-11)13-6-7-15(16(20)8-13)14-9-17(21)19(23)18(22)10-14;/h9-13H,2-8H2,1H3;1H. The van der Waals surface area contributed by atoms with Gasteiger partial charge in [0.05, 0.1) is 0 Å². The largest absolute Gasteiger partial charge is 0.211 e. The van der Waals surface area contributed by atoms with E-state index in [0.29, 0.717) is 30.3 Å². The Kier molecular flexibility index (Phi) is 4.79. The molecule has 0 bridgehead atoms. The molecule has 1 fully saturated rings. The summed E-state index contributed by atoms with van der Waals surface area (Å²) in [7, 11) is 0. The highest BCUT2D eigenvalue weighted by atomic mass is 19.2. The molecule has 0 nitrogen and oxygen atoms in total. The second kappa shape index (κ2) is 6.66. The summed E-state index contributed by atoms with van der Waals surface area (Å²) in [5, 5.41) is 0. The molecule has 2 aliphatic rings. The van der Waals surface area contributed by atoms with Crippen LogP contribution in [-0.4, -0.2) is 0 Å². The zero-order valence-electron chi connectivity index (χ0n) is 13.3. The Morgan fingerprint density at radius 1 is 0.870 bits per heavy atom. The third-order valence-corrected chi connectivity index (χ3v) is 5.59. The van der Waals surface area contributed by atoms with Crippen LogP contribution in [0, 0.1) is 35.2 Å². The van der Waals surface area contributed by atoms with Crippen LogP contribution in [-0.2, 0) is 0 Å². The SMILES string of the molecule is CC1CCC(C2CCC(c3cc(F)c(F)c(F)c3)=C(F)C2)CC1.[HH]. The minimum absolute atomic E-state index is 0. The summed E-state index contributed by atoms with van der Waals surface area (Å²) in [6.45, 7) is 2.26. The Morgan fingerprint density at radius 2 is 1.48 bits per heavy atom. The van der Waals surface area contributed by atoms with E-state index in [1.807, 2.05) is 0 Å². The van der Waals surface area contributed by atoms with Crippen molar-refractivity contribution in [1.29, 1.82) is 0 Å². The van der Waals surface area contributed by atoms with Gasteiger partial charge in [0.2, 0.25) is 0 Å². The molecule has 1 aromatic rings. The summed E-state index contributed by atoms with van der Waals surface area (Å²) in [5.74, 6) is -2.67. The Hall–Kier alpha value is -1.32. The topological polar surface area (TPSA) is 0 Å². The van der Waals surface area contributed by atoms with E-state index in [0.717, 1.165) is 37.3 Å². The molecule has 0 saturated heterocycles. The first-order valence-electron chi connectivity index (χ1n) is 8.48. The van der Waals surface area contributed by atoms with Crippen molar-refractivity contribution in [3.05, 3.63) is 41.0 Å². The monoisotopic (exact) mass is 328 g/mol. The molecule has 2 aliphatic carbocycles. The maximum Gasteiger partial charge on any atom is 0.194 e. The van der Waals surface area contributed by atoms with E-state index in [-0.39, 0.29) is 12.8 Å². The Balaban J connectivity index is 0.00000208. The first-order chi connectivity index (χ1) is 11.0. The van der Waals surface area contributed by atoms with E-state index in [4.69, 9.17) is 0 Å². The van der Waals surface area contributed by atoms with Crippen molar-refractivity contribution >= 4 is 5.57 Å². The van der Waals surface area contributed by atoms with Crippen LogP contribution >= 0.6 is 0 Å². The zero-order chi connectivity index (χ0) is 16.6. The van der Waals surface area contributed by atoms with E-state index in [9.17, 15) is 17.6 Å². The van der Waals surface area contributed by atoms with Crippen LogP contribution in [0.2, 0.25) is 0 Å². The van der Waals surface area contributed by atoms with E-state index >= 15 is 0 Å². The van der Waals surface area contributed by atoms with Gasteiger partial charge in [0.25, 0.3) is 0 Å². The minimum Gasteiger partial charge on any atom is -0.211 e. The molecule has 1 aromatic carbocycles. The number of benzene rings is 1. The third-order valence-electron chi connectivity index (χ3n) is 5.59. The highest BCUT2D eigenvalue weighted by Crippen LogP contribution is 2.44. The van der Waals surface area contributed by atoms with Crippen LogP contribution in [0.3, 0.4) is 0 Å². The summed E-state index contributed by atoms with van der Waals surface area (Å²) < 4.78 is 54.3. The minimum atomic E-state index is -1.50. The fourth-order valence-electron chi connectivity index (χ4n) is 4.11. The molecule has 128 valence electrons. The molecular formula is C19H24F4. The van der Waals surface area contributed by atoms with Crippen LogP contribution in [0.5, 0.6) is 0 Å². The number of rotatable bonds is 2. The smallest absolute Gasteiger partial charge is 0.194 e. The fourth-order valence-corrected chi connectivity index (χ4v) is 4.11. The molecular weight excluding hydrogens is 304 g/mol. The molecule has 1 saturated carbocycles. The highest BCUT2D eigenvalue weighted by Gasteiger charge is 2.31. The highest BCUT2D eigenvalue weighted by molar-refractivity contribution is 5.68. The summed E-state index contributed by atoms with van der Waals surface area (Å²) in [6.07, 6.45) is 6.34. The maximum absolute atomic E-state index is 14.5. The molecule has 0 aromatic heterocycles. The van der Waals surface area contributed by atoms with Gasteiger partial charge in [-0.15, -0.1) is 0 Å². The van der Waals surface area contributed by atoms with Crippen molar-refractivity contribution in [3.63, 3.8) is 0 Å². The van der Waals surface area contributed by atoms with Gasteiger partial charge in [-0.2, -0.15) is 0 Å². The van der Waals surface area contributed by atoms with E-state index in [1.54, 1.807) is 0 Å². The number of hydrogen-bond acceptors (Lipinski definition) is 0. The van der Waals surface area contributed by atoms with Gasteiger partial charge < -0.3 is 0 Å². The molecule has 0 spiro atoms. The average Bonchev–Trinajstić information content (AvgIpc) is 2.53. The van der Waals surface area contributed by atoms with Crippen LogP contribution in [0.4, 0.5) is 17.6 Å². The Bertz CT molecular complexity index is 595. The lowest BCUT2D eigenvalue weighted by atomic mass is 9.71. The van der Waals surface area contributed by atoms with E-state index in [2.05, 4.69) is 6.92 Å². The lowest BCUT2D eigenvalue weighted by Crippen LogP contribution is -2.23. The molecule has 1 unspecified atom stereocenters. The third kappa shape index (κ3) is 3.46. The zero-order valence-corrected chi connectivity index (χ0v) is 13.3. The summed E-state index contributed by atoms with van der Waals surface area (Å²) in [5.41, 5.74) is 0.470. The van der Waals surface area contributed by atoms with Gasteiger partial charge in [-0.1, -0.05) is 19.8 Å². The fraction of sp³-hybridized carbons (Fsp3) is 0.579. The van der Waals surface area contributed by atoms with Crippen molar-refractivity contribution < 1.29 is 19.0 Å². The average molecular weight is 328 g/mol. The lowest BCUT2D eigenvalue weighted by molar-refractivity contribution is 0.192. The van der Waals surface area contributed by atoms with Crippen molar-refractivity contribution in [1.82, 2.24) is 0 Å². The van der Waals surface area contributed by atoms with Gasteiger partial charge in [0.15, 0.2) is 17.5 Å². The number of hydrogen-bond donors (Lipinski definition) is 0. The second-order valence-corrected chi connectivity index (χ2v) is 7.16. The lowest BCUT2D eigenvalue weighted by Gasteiger charge is -2.35. The van der Waals surface area contributed by atoms with Crippen LogP contribution < -0.4 is 0 Å². The van der Waals surface area contributed by atoms with Crippen LogP contribution in [0.15, 0.2) is 18.0 Å². The van der Waals surface area contributed by atoms with Gasteiger partial charge in [-0.25, -0.2) is 17.6 Å². The van der Waals surface area contributed by atoms with E-state index in [1.165, 1.54) is 12.8 Å². The van der Waals surface area contributed by atoms with Crippen LogP contribution in [0.1, 0.15) is 58.9 Å². The molecule has 1 atom stereocenters. The Labute approximate surface area is 136 Å². The first kappa shape index (κ1) is 16.5. The van der Waals surface area contributed by atoms with Crippen molar-refractivity contribution in [2.75, 3.05) is 0 Å². The van der Waals surface area contributed by atoms with Crippen LogP contribution in [0.25, 0.3) is 5.57 Å². The van der Waals surface area contributed by atoms with Gasteiger partial charge >= 0.3 is 0 Å². The summed E-state index contributed by atoms with van der Waals surface area (Å²) in [4.78, 5) is 0. The second-order valence-electron chi connectivity index (χ2n) is 7.16. The molecule has 0 heterocycles. The summed E-state index contributed by atoms with van der Waals surface area (Å²) in [6, 6.07) is 1.80.